The van der Waals surface area contributed by atoms with E-state index >= 15 is 0 Å². The molecule has 22 heavy (non-hydrogen) atoms. The van der Waals surface area contributed by atoms with E-state index in [0.717, 1.165) is 38.8 Å². The summed E-state index contributed by atoms with van der Waals surface area (Å²) in [5.74, 6) is 0.847. The van der Waals surface area contributed by atoms with E-state index in [1.165, 1.54) is 0 Å². The number of imidazole rings is 1. The van der Waals surface area contributed by atoms with E-state index in [1.807, 2.05) is 60.1 Å². The molecule has 0 spiro atoms. The second-order valence-corrected chi connectivity index (χ2v) is 5.66. The highest BCUT2D eigenvalue weighted by molar-refractivity contribution is 6.31. The van der Waals surface area contributed by atoms with Gasteiger partial charge in [-0.3, -0.25) is 0 Å². The number of halogens is 1. The summed E-state index contributed by atoms with van der Waals surface area (Å²) in [6, 6.07) is 13.8. The topological polar surface area (TPSA) is 30.4 Å². The molecule has 0 amide bonds. The average Bonchev–Trinajstić information content (AvgIpc) is 3.17. The molecule has 0 radical (unpaired) electrons. The van der Waals surface area contributed by atoms with Crippen LogP contribution in [0.15, 0.2) is 65.5 Å². The molecule has 1 aromatic carbocycles. The van der Waals surface area contributed by atoms with E-state index in [2.05, 4.69) is 11.1 Å². The summed E-state index contributed by atoms with van der Waals surface area (Å²) in [5.41, 5.74) is 4.96. The van der Waals surface area contributed by atoms with Crippen molar-refractivity contribution < 1.29 is 4.42 Å². The van der Waals surface area contributed by atoms with Crippen molar-refractivity contribution in [3.8, 4) is 22.6 Å². The SMILES string of the molecule is Cc1cc(-c2cn3cc(-c4ccco4)ccc3n2)ccc1Cl. The third-order valence-corrected chi connectivity index (χ3v) is 4.13. The Morgan fingerprint density at radius 1 is 1.05 bits per heavy atom. The third-order valence-electron chi connectivity index (χ3n) is 3.71. The van der Waals surface area contributed by atoms with Gasteiger partial charge in [0.1, 0.15) is 11.4 Å². The van der Waals surface area contributed by atoms with E-state index in [-0.39, 0.29) is 0 Å². The fourth-order valence-corrected chi connectivity index (χ4v) is 2.64. The first kappa shape index (κ1) is 13.2. The zero-order valence-electron chi connectivity index (χ0n) is 12.0. The normalized spacial score (nSPS) is 11.2. The van der Waals surface area contributed by atoms with E-state index < -0.39 is 0 Å². The number of hydrogen-bond donors (Lipinski definition) is 0. The van der Waals surface area contributed by atoms with Crippen LogP contribution in [0.4, 0.5) is 0 Å². The van der Waals surface area contributed by atoms with Crippen molar-refractivity contribution in [3.63, 3.8) is 0 Å². The maximum absolute atomic E-state index is 6.09. The average molecular weight is 309 g/mol. The van der Waals surface area contributed by atoms with Gasteiger partial charge in [-0.25, -0.2) is 4.98 Å². The summed E-state index contributed by atoms with van der Waals surface area (Å²) in [5, 5.41) is 0.771. The van der Waals surface area contributed by atoms with Gasteiger partial charge in [0.25, 0.3) is 0 Å². The summed E-state index contributed by atoms with van der Waals surface area (Å²) in [7, 11) is 0. The molecule has 0 aliphatic rings. The number of benzene rings is 1. The second kappa shape index (κ2) is 5.04. The quantitative estimate of drug-likeness (QED) is 0.508. The predicted octanol–water partition coefficient (Wildman–Crippen LogP) is 5.22. The van der Waals surface area contributed by atoms with Crippen molar-refractivity contribution in [1.82, 2.24) is 9.38 Å². The fourth-order valence-electron chi connectivity index (χ4n) is 2.52. The molecule has 0 aliphatic carbocycles. The lowest BCUT2D eigenvalue weighted by Crippen LogP contribution is -1.83. The predicted molar refractivity (Wildman–Crippen MR) is 88.1 cm³/mol. The van der Waals surface area contributed by atoms with Crippen LogP contribution in [0.25, 0.3) is 28.2 Å². The van der Waals surface area contributed by atoms with Crippen LogP contribution in [0.3, 0.4) is 0 Å². The number of nitrogens with zero attached hydrogens (tertiary/aromatic N) is 2. The van der Waals surface area contributed by atoms with Crippen molar-refractivity contribution in [2.45, 2.75) is 6.92 Å². The molecular formula is C18H13ClN2O. The molecular weight excluding hydrogens is 296 g/mol. The molecule has 0 unspecified atom stereocenters. The Kier molecular flexibility index (Phi) is 3.01. The first-order valence-electron chi connectivity index (χ1n) is 7.00. The molecule has 3 nitrogen and oxygen atoms in total. The van der Waals surface area contributed by atoms with Crippen LogP contribution in [0.1, 0.15) is 5.56 Å². The zero-order chi connectivity index (χ0) is 15.1. The van der Waals surface area contributed by atoms with E-state index in [4.69, 9.17) is 16.0 Å². The standard InChI is InChI=1S/C18H13ClN2O/c1-12-9-13(4-6-15(12)19)16-11-21-10-14(5-7-18(21)20-16)17-3-2-8-22-17/h2-11H,1H3. The highest BCUT2D eigenvalue weighted by Crippen LogP contribution is 2.26. The minimum Gasteiger partial charge on any atom is -0.464 e. The van der Waals surface area contributed by atoms with Crippen LogP contribution in [0, 0.1) is 6.92 Å². The molecule has 3 heterocycles. The van der Waals surface area contributed by atoms with Crippen molar-refractivity contribution >= 4 is 17.2 Å². The van der Waals surface area contributed by atoms with Gasteiger partial charge in [-0.2, -0.15) is 0 Å². The Morgan fingerprint density at radius 3 is 2.68 bits per heavy atom. The van der Waals surface area contributed by atoms with Gasteiger partial charge in [-0.05, 0) is 48.9 Å². The Hall–Kier alpha value is -2.52. The number of aryl methyl sites for hydroxylation is 1. The van der Waals surface area contributed by atoms with Crippen molar-refractivity contribution in [1.29, 1.82) is 0 Å². The number of aromatic nitrogens is 2. The van der Waals surface area contributed by atoms with Gasteiger partial charge in [0.2, 0.25) is 0 Å². The van der Waals surface area contributed by atoms with Gasteiger partial charge in [0, 0.05) is 28.5 Å². The minimum atomic E-state index is 0.771. The summed E-state index contributed by atoms with van der Waals surface area (Å²) in [6.07, 6.45) is 5.72. The fraction of sp³-hybridized carbons (Fsp3) is 0.0556. The second-order valence-electron chi connectivity index (χ2n) is 5.25. The summed E-state index contributed by atoms with van der Waals surface area (Å²) in [4.78, 5) is 4.67. The van der Waals surface area contributed by atoms with Crippen molar-refractivity contribution in [3.05, 3.63) is 71.7 Å². The third kappa shape index (κ3) is 2.20. The Balaban J connectivity index is 1.81. The molecule has 108 valence electrons. The lowest BCUT2D eigenvalue weighted by atomic mass is 10.1. The highest BCUT2D eigenvalue weighted by Gasteiger charge is 2.08. The number of hydrogen-bond acceptors (Lipinski definition) is 2. The van der Waals surface area contributed by atoms with Crippen LogP contribution in [0.5, 0.6) is 0 Å². The summed E-state index contributed by atoms with van der Waals surface area (Å²) >= 11 is 6.09. The summed E-state index contributed by atoms with van der Waals surface area (Å²) in [6.45, 7) is 2.00. The first-order chi connectivity index (χ1) is 10.7. The minimum absolute atomic E-state index is 0.771. The molecule has 0 atom stereocenters. The number of rotatable bonds is 2. The van der Waals surface area contributed by atoms with Gasteiger partial charge in [0.05, 0.1) is 12.0 Å². The van der Waals surface area contributed by atoms with Crippen molar-refractivity contribution in [2.75, 3.05) is 0 Å². The van der Waals surface area contributed by atoms with E-state index in [1.54, 1.807) is 6.26 Å². The molecule has 0 saturated carbocycles. The number of fused-ring (bicyclic) bond motifs is 1. The van der Waals surface area contributed by atoms with Gasteiger partial charge in [0.15, 0.2) is 0 Å². The number of furan rings is 1. The Labute approximate surface area is 132 Å². The van der Waals surface area contributed by atoms with Gasteiger partial charge >= 0.3 is 0 Å². The van der Waals surface area contributed by atoms with Crippen LogP contribution >= 0.6 is 11.6 Å². The van der Waals surface area contributed by atoms with Crippen LogP contribution in [-0.4, -0.2) is 9.38 Å². The maximum atomic E-state index is 6.09. The largest absolute Gasteiger partial charge is 0.464 e. The highest BCUT2D eigenvalue weighted by atomic mass is 35.5. The van der Waals surface area contributed by atoms with E-state index in [0.29, 0.717) is 0 Å². The number of pyridine rings is 1. The maximum Gasteiger partial charge on any atom is 0.137 e. The molecule has 0 saturated heterocycles. The smallest absolute Gasteiger partial charge is 0.137 e. The van der Waals surface area contributed by atoms with Crippen LogP contribution in [0.2, 0.25) is 5.02 Å². The molecule has 0 N–H and O–H groups in total. The van der Waals surface area contributed by atoms with Gasteiger partial charge < -0.3 is 8.82 Å². The molecule has 4 rings (SSSR count). The lowest BCUT2D eigenvalue weighted by Gasteiger charge is -2.00. The Bertz CT molecular complexity index is 955. The molecule has 0 fully saturated rings. The van der Waals surface area contributed by atoms with Crippen LogP contribution < -0.4 is 0 Å². The van der Waals surface area contributed by atoms with Crippen LogP contribution in [-0.2, 0) is 0 Å². The van der Waals surface area contributed by atoms with Crippen molar-refractivity contribution in [2.24, 2.45) is 0 Å². The molecule has 4 aromatic rings. The monoisotopic (exact) mass is 308 g/mol. The molecule has 3 aromatic heterocycles. The zero-order valence-corrected chi connectivity index (χ0v) is 12.7. The Morgan fingerprint density at radius 2 is 1.91 bits per heavy atom. The molecule has 0 aliphatic heterocycles. The molecule has 4 heteroatoms. The first-order valence-corrected chi connectivity index (χ1v) is 7.38. The van der Waals surface area contributed by atoms with Gasteiger partial charge in [-0.1, -0.05) is 17.7 Å². The van der Waals surface area contributed by atoms with E-state index in [9.17, 15) is 0 Å². The summed E-state index contributed by atoms with van der Waals surface area (Å²) < 4.78 is 7.45. The lowest BCUT2D eigenvalue weighted by molar-refractivity contribution is 0.582. The van der Waals surface area contributed by atoms with Gasteiger partial charge in [-0.15, -0.1) is 0 Å². The molecule has 0 bridgehead atoms.